The van der Waals surface area contributed by atoms with Crippen LogP contribution in [0.1, 0.15) is 18.1 Å². The second kappa shape index (κ2) is 8.11. The van der Waals surface area contributed by atoms with Gasteiger partial charge in [-0.05, 0) is 25.5 Å². The Balaban J connectivity index is 1.48. The van der Waals surface area contributed by atoms with E-state index in [9.17, 15) is 8.78 Å². The number of aromatic nitrogens is 2. The van der Waals surface area contributed by atoms with E-state index in [-0.39, 0.29) is 6.04 Å². The number of guanidine groups is 1. The highest BCUT2D eigenvalue weighted by Crippen LogP contribution is 2.24. The van der Waals surface area contributed by atoms with Crippen LogP contribution in [0.25, 0.3) is 0 Å². The van der Waals surface area contributed by atoms with Crippen LogP contribution in [0.4, 0.5) is 14.5 Å². The van der Waals surface area contributed by atoms with Crippen molar-refractivity contribution in [3.63, 3.8) is 0 Å². The number of hydrogen-bond donors (Lipinski definition) is 2. The molecule has 0 amide bonds. The van der Waals surface area contributed by atoms with E-state index in [0.29, 0.717) is 49.4 Å². The van der Waals surface area contributed by atoms with E-state index in [1.165, 1.54) is 12.1 Å². The van der Waals surface area contributed by atoms with Crippen LogP contribution in [0.5, 0.6) is 0 Å². The van der Waals surface area contributed by atoms with Crippen LogP contribution in [0.2, 0.25) is 0 Å². The summed E-state index contributed by atoms with van der Waals surface area (Å²) in [5, 5.41) is 10.3. The van der Waals surface area contributed by atoms with Crippen LogP contribution in [0.15, 0.2) is 27.7 Å². The third-order valence-corrected chi connectivity index (χ3v) is 4.20. The lowest BCUT2D eigenvalue weighted by molar-refractivity contribution is 0.374. The number of aryl methyl sites for hydroxylation is 1. The second-order valence-corrected chi connectivity index (χ2v) is 6.16. The number of aliphatic imine (C=N–C) groups is 1. The molecule has 140 valence electrons. The molecule has 1 aromatic heterocycles. The van der Waals surface area contributed by atoms with Crippen molar-refractivity contribution >= 4 is 11.6 Å². The van der Waals surface area contributed by atoms with Crippen molar-refractivity contribution < 1.29 is 13.3 Å². The highest BCUT2D eigenvalue weighted by molar-refractivity contribution is 5.80. The maximum absolute atomic E-state index is 13.9. The molecule has 7 nitrogen and oxygen atoms in total. The van der Waals surface area contributed by atoms with E-state index in [0.717, 1.165) is 12.5 Å². The zero-order chi connectivity index (χ0) is 18.5. The Labute approximate surface area is 150 Å². The van der Waals surface area contributed by atoms with Gasteiger partial charge in [0, 0.05) is 45.2 Å². The van der Waals surface area contributed by atoms with Crippen molar-refractivity contribution in [3.05, 3.63) is 41.5 Å². The molecule has 9 heteroatoms. The Morgan fingerprint density at radius 2 is 2.27 bits per heavy atom. The number of anilines is 1. The average molecular weight is 364 g/mol. The van der Waals surface area contributed by atoms with E-state index < -0.39 is 11.6 Å². The zero-order valence-electron chi connectivity index (χ0n) is 14.8. The molecule has 1 unspecified atom stereocenters. The minimum atomic E-state index is -0.568. The predicted molar refractivity (Wildman–Crippen MR) is 94.2 cm³/mol. The maximum atomic E-state index is 13.9. The van der Waals surface area contributed by atoms with Crippen LogP contribution >= 0.6 is 0 Å². The lowest BCUT2D eigenvalue weighted by atomic mass is 10.2. The minimum absolute atomic E-state index is 0.122. The first-order valence-corrected chi connectivity index (χ1v) is 8.51. The summed E-state index contributed by atoms with van der Waals surface area (Å²) in [6.07, 6.45) is 1.43. The molecule has 0 bridgehead atoms. The summed E-state index contributed by atoms with van der Waals surface area (Å²) < 4.78 is 32.1. The fourth-order valence-electron chi connectivity index (χ4n) is 2.95. The molecule has 3 rings (SSSR count). The Hall–Kier alpha value is -2.71. The van der Waals surface area contributed by atoms with Crippen molar-refractivity contribution in [3.8, 4) is 0 Å². The monoisotopic (exact) mass is 364 g/mol. The van der Waals surface area contributed by atoms with Gasteiger partial charge >= 0.3 is 0 Å². The van der Waals surface area contributed by atoms with Crippen molar-refractivity contribution in [2.75, 3.05) is 31.6 Å². The fourth-order valence-corrected chi connectivity index (χ4v) is 2.95. The van der Waals surface area contributed by atoms with Gasteiger partial charge < -0.3 is 20.1 Å². The maximum Gasteiger partial charge on any atom is 0.228 e. The predicted octanol–water partition coefficient (Wildman–Crippen LogP) is 1.64. The number of nitrogens with one attached hydrogen (secondary N) is 2. The Kier molecular flexibility index (Phi) is 5.65. The molecular weight excluding hydrogens is 342 g/mol. The lowest BCUT2D eigenvalue weighted by Crippen LogP contribution is -2.45. The summed E-state index contributed by atoms with van der Waals surface area (Å²) in [5.74, 6) is 0.739. The number of hydrogen-bond acceptors (Lipinski definition) is 5. The first-order valence-electron chi connectivity index (χ1n) is 8.51. The summed E-state index contributed by atoms with van der Waals surface area (Å²) in [4.78, 5) is 10.3. The number of benzene rings is 1. The van der Waals surface area contributed by atoms with E-state index in [2.05, 4.69) is 25.8 Å². The second-order valence-electron chi connectivity index (χ2n) is 6.16. The van der Waals surface area contributed by atoms with E-state index in [1.54, 1.807) is 14.0 Å². The molecule has 1 saturated heterocycles. The van der Waals surface area contributed by atoms with Gasteiger partial charge in [0.25, 0.3) is 0 Å². The molecule has 2 aromatic rings. The van der Waals surface area contributed by atoms with Crippen LogP contribution in [-0.2, 0) is 6.42 Å². The third kappa shape index (κ3) is 4.47. The average Bonchev–Trinajstić information content (AvgIpc) is 3.23. The van der Waals surface area contributed by atoms with Gasteiger partial charge in [0.05, 0.1) is 5.69 Å². The minimum Gasteiger partial charge on any atom is -0.367 e. The van der Waals surface area contributed by atoms with Gasteiger partial charge in [-0.1, -0.05) is 5.16 Å². The van der Waals surface area contributed by atoms with Crippen molar-refractivity contribution in [2.24, 2.45) is 4.99 Å². The molecule has 1 aliphatic rings. The summed E-state index contributed by atoms with van der Waals surface area (Å²) in [6.45, 7) is 3.69. The van der Waals surface area contributed by atoms with Crippen LogP contribution in [0.3, 0.4) is 0 Å². The van der Waals surface area contributed by atoms with Crippen molar-refractivity contribution in [2.45, 2.75) is 25.8 Å². The molecule has 2 heterocycles. The smallest absolute Gasteiger partial charge is 0.228 e. The lowest BCUT2D eigenvalue weighted by Gasteiger charge is -2.20. The van der Waals surface area contributed by atoms with Crippen molar-refractivity contribution in [1.82, 2.24) is 20.8 Å². The highest BCUT2D eigenvalue weighted by atomic mass is 19.1. The number of rotatable bonds is 5. The van der Waals surface area contributed by atoms with Gasteiger partial charge in [-0.3, -0.25) is 4.99 Å². The molecule has 0 radical (unpaired) electrons. The van der Waals surface area contributed by atoms with Gasteiger partial charge in [0.2, 0.25) is 5.89 Å². The topological polar surface area (TPSA) is 78.6 Å². The largest absolute Gasteiger partial charge is 0.367 e. The molecule has 26 heavy (non-hydrogen) atoms. The molecule has 0 saturated carbocycles. The summed E-state index contributed by atoms with van der Waals surface area (Å²) >= 11 is 0. The quantitative estimate of drug-likeness (QED) is 0.620. The fraction of sp³-hybridized carbons (Fsp3) is 0.471. The highest BCUT2D eigenvalue weighted by Gasteiger charge is 2.25. The van der Waals surface area contributed by atoms with Gasteiger partial charge in [0.1, 0.15) is 11.6 Å². The Morgan fingerprint density at radius 1 is 1.42 bits per heavy atom. The molecule has 0 aliphatic carbocycles. The summed E-state index contributed by atoms with van der Waals surface area (Å²) in [6, 6.07) is 3.79. The number of nitrogens with zero attached hydrogens (tertiary/aromatic N) is 4. The standard InChI is InChI=1S/C17H22F2N6O/c1-11-22-16(26-24-11)5-7-21-17(20-2)23-13-6-8-25(10-13)15-4-3-12(18)9-14(15)19/h3-4,9,13H,5-8,10H2,1-2H3,(H2,20,21,23). The Bertz CT molecular complexity index is 778. The van der Waals surface area contributed by atoms with Gasteiger partial charge in [0.15, 0.2) is 11.8 Å². The summed E-state index contributed by atoms with van der Waals surface area (Å²) in [7, 11) is 1.69. The van der Waals surface area contributed by atoms with Gasteiger partial charge in [-0.15, -0.1) is 0 Å². The molecule has 1 fully saturated rings. The van der Waals surface area contributed by atoms with Gasteiger partial charge in [-0.2, -0.15) is 4.98 Å². The Morgan fingerprint density at radius 3 is 2.96 bits per heavy atom. The molecule has 1 aliphatic heterocycles. The van der Waals surface area contributed by atoms with E-state index in [1.807, 2.05) is 4.90 Å². The van der Waals surface area contributed by atoms with E-state index in [4.69, 9.17) is 4.52 Å². The van der Waals surface area contributed by atoms with Crippen LogP contribution in [0, 0.1) is 18.6 Å². The third-order valence-electron chi connectivity index (χ3n) is 4.20. The normalized spacial score (nSPS) is 17.6. The van der Waals surface area contributed by atoms with Crippen molar-refractivity contribution in [1.29, 1.82) is 0 Å². The van der Waals surface area contributed by atoms with Crippen LogP contribution in [-0.4, -0.2) is 48.8 Å². The molecule has 2 N–H and O–H groups in total. The molecule has 1 aromatic carbocycles. The zero-order valence-corrected chi connectivity index (χ0v) is 14.8. The SMILES string of the molecule is CN=C(NCCc1nc(C)no1)NC1CCN(c2ccc(F)cc2F)C1. The van der Waals surface area contributed by atoms with E-state index >= 15 is 0 Å². The number of halogens is 2. The molecule has 0 spiro atoms. The first-order chi connectivity index (χ1) is 12.5. The molecular formula is C17H22F2N6O. The first kappa shape index (κ1) is 18.1. The van der Waals surface area contributed by atoms with Crippen LogP contribution < -0.4 is 15.5 Å². The summed E-state index contributed by atoms with van der Waals surface area (Å²) in [5.41, 5.74) is 0.422. The van der Waals surface area contributed by atoms with Gasteiger partial charge in [-0.25, -0.2) is 8.78 Å². The molecule has 1 atom stereocenters.